The summed E-state index contributed by atoms with van der Waals surface area (Å²) in [4.78, 5) is 10.8. The van der Waals surface area contributed by atoms with Gasteiger partial charge in [0, 0.05) is 12.0 Å². The second-order valence-corrected chi connectivity index (χ2v) is 3.04. The number of methoxy groups -OCH3 is 1. The summed E-state index contributed by atoms with van der Waals surface area (Å²) >= 11 is 0. The molecular weight excluding hydrogens is 184 g/mol. The predicted octanol–water partition coefficient (Wildman–Crippen LogP) is 1.06. The average Bonchev–Trinajstić information content (AvgIpc) is 2.48. The molecule has 14 heavy (non-hydrogen) atoms. The van der Waals surface area contributed by atoms with E-state index >= 15 is 0 Å². The number of esters is 1. The highest BCUT2D eigenvalue weighted by molar-refractivity contribution is 5.69. The van der Waals surface area contributed by atoms with Gasteiger partial charge in [0.2, 0.25) is 5.88 Å². The lowest BCUT2D eigenvalue weighted by Crippen LogP contribution is -2.01. The highest BCUT2D eigenvalue weighted by Gasteiger charge is 2.10. The summed E-state index contributed by atoms with van der Waals surface area (Å²) in [5.74, 6) is 0.130. The first-order chi connectivity index (χ1) is 6.65. The van der Waals surface area contributed by atoms with Crippen molar-refractivity contribution in [1.82, 2.24) is 5.16 Å². The zero-order valence-corrected chi connectivity index (χ0v) is 8.37. The van der Waals surface area contributed by atoms with E-state index in [0.29, 0.717) is 25.1 Å². The molecule has 0 fully saturated rings. The Morgan fingerprint density at radius 3 is 2.86 bits per heavy atom. The zero-order chi connectivity index (χ0) is 10.6. The topological polar surface area (TPSA) is 78.3 Å². The molecule has 1 aromatic rings. The molecule has 0 spiro atoms. The quantitative estimate of drug-likeness (QED) is 0.732. The Morgan fingerprint density at radius 1 is 1.64 bits per heavy atom. The van der Waals surface area contributed by atoms with E-state index in [2.05, 4.69) is 9.89 Å². The van der Waals surface area contributed by atoms with Gasteiger partial charge in [-0.3, -0.25) is 4.79 Å². The molecule has 0 unspecified atom stereocenters. The van der Waals surface area contributed by atoms with Gasteiger partial charge in [0.25, 0.3) is 0 Å². The van der Waals surface area contributed by atoms with Crippen LogP contribution in [0.2, 0.25) is 0 Å². The number of rotatable bonds is 4. The third kappa shape index (κ3) is 2.48. The molecule has 78 valence electrons. The minimum absolute atomic E-state index is 0.210. The maximum atomic E-state index is 10.8. The molecule has 0 bridgehead atoms. The van der Waals surface area contributed by atoms with Crippen LogP contribution in [0.25, 0.3) is 0 Å². The molecule has 0 saturated heterocycles. The number of hydrogen-bond acceptors (Lipinski definition) is 5. The van der Waals surface area contributed by atoms with Crippen molar-refractivity contribution >= 4 is 11.9 Å². The van der Waals surface area contributed by atoms with Gasteiger partial charge in [0.1, 0.15) is 0 Å². The normalized spacial score (nSPS) is 10.1. The number of ether oxygens (including phenoxy) is 1. The highest BCUT2D eigenvalue weighted by atomic mass is 16.5. The van der Waals surface area contributed by atoms with Crippen LogP contribution in [0.4, 0.5) is 5.88 Å². The Labute approximate surface area is 82.2 Å². The van der Waals surface area contributed by atoms with Crippen molar-refractivity contribution in [2.24, 2.45) is 0 Å². The van der Waals surface area contributed by atoms with Gasteiger partial charge < -0.3 is 15.0 Å². The smallest absolute Gasteiger partial charge is 0.305 e. The van der Waals surface area contributed by atoms with Crippen LogP contribution in [0.5, 0.6) is 0 Å². The number of anilines is 1. The van der Waals surface area contributed by atoms with Crippen molar-refractivity contribution in [2.45, 2.75) is 26.2 Å². The second kappa shape index (κ2) is 4.64. The van der Waals surface area contributed by atoms with E-state index in [1.54, 1.807) is 0 Å². The number of carbonyl (C=O) groups is 1. The minimum atomic E-state index is -0.210. The monoisotopic (exact) mass is 198 g/mol. The lowest BCUT2D eigenvalue weighted by Gasteiger charge is -1.99. The molecule has 1 heterocycles. The molecule has 1 rings (SSSR count). The number of aryl methyl sites for hydroxylation is 1. The molecule has 0 atom stereocenters. The van der Waals surface area contributed by atoms with E-state index in [4.69, 9.17) is 10.3 Å². The second-order valence-electron chi connectivity index (χ2n) is 3.04. The molecule has 1 aromatic heterocycles. The average molecular weight is 198 g/mol. The maximum Gasteiger partial charge on any atom is 0.305 e. The molecule has 0 amide bonds. The Balaban J connectivity index is 2.42. The van der Waals surface area contributed by atoms with Gasteiger partial charge in [-0.05, 0) is 19.8 Å². The van der Waals surface area contributed by atoms with Gasteiger partial charge >= 0.3 is 5.97 Å². The van der Waals surface area contributed by atoms with Crippen LogP contribution < -0.4 is 5.73 Å². The predicted molar refractivity (Wildman–Crippen MR) is 50.6 cm³/mol. The Morgan fingerprint density at radius 2 is 2.36 bits per heavy atom. The number of nitrogens with two attached hydrogens (primary N) is 1. The van der Waals surface area contributed by atoms with E-state index in [1.165, 1.54) is 7.11 Å². The molecule has 0 aromatic carbocycles. The maximum absolute atomic E-state index is 10.8. The van der Waals surface area contributed by atoms with Gasteiger partial charge in [-0.25, -0.2) is 0 Å². The lowest BCUT2D eigenvalue weighted by molar-refractivity contribution is -0.140. The first-order valence-electron chi connectivity index (χ1n) is 4.42. The van der Waals surface area contributed by atoms with Crippen LogP contribution >= 0.6 is 0 Å². The van der Waals surface area contributed by atoms with Gasteiger partial charge in [-0.1, -0.05) is 5.16 Å². The number of hydrogen-bond donors (Lipinski definition) is 1. The standard InChI is InChI=1S/C9H14N2O3/c1-6-7(9(10)14-11-6)4-3-5-8(12)13-2/h3-5,10H2,1-2H3. The van der Waals surface area contributed by atoms with Crippen molar-refractivity contribution in [1.29, 1.82) is 0 Å². The Bertz CT molecular complexity index is 300. The van der Waals surface area contributed by atoms with Crippen LogP contribution in [-0.4, -0.2) is 18.2 Å². The van der Waals surface area contributed by atoms with Gasteiger partial charge in [0.05, 0.1) is 12.8 Å². The van der Waals surface area contributed by atoms with Crippen molar-refractivity contribution in [3.05, 3.63) is 11.3 Å². The molecular formula is C9H14N2O3. The first-order valence-corrected chi connectivity index (χ1v) is 4.42. The molecule has 2 N–H and O–H groups in total. The van der Waals surface area contributed by atoms with Crippen molar-refractivity contribution in [2.75, 3.05) is 12.8 Å². The minimum Gasteiger partial charge on any atom is -0.469 e. The molecule has 0 saturated carbocycles. The number of nitrogen functional groups attached to an aromatic ring is 1. The SMILES string of the molecule is COC(=O)CCCc1c(C)noc1N. The molecule has 0 aliphatic carbocycles. The first kappa shape index (κ1) is 10.6. The van der Waals surface area contributed by atoms with E-state index in [1.807, 2.05) is 6.92 Å². The number of nitrogens with zero attached hydrogens (tertiary/aromatic N) is 1. The Hall–Kier alpha value is -1.52. The van der Waals surface area contributed by atoms with E-state index in [9.17, 15) is 4.79 Å². The summed E-state index contributed by atoms with van der Waals surface area (Å²) < 4.78 is 9.31. The molecule has 5 heteroatoms. The van der Waals surface area contributed by atoms with E-state index in [-0.39, 0.29) is 5.97 Å². The summed E-state index contributed by atoms with van der Waals surface area (Å²) in [6.45, 7) is 1.83. The number of carbonyl (C=O) groups excluding carboxylic acids is 1. The van der Waals surface area contributed by atoms with E-state index < -0.39 is 0 Å². The van der Waals surface area contributed by atoms with Crippen molar-refractivity contribution < 1.29 is 14.1 Å². The summed E-state index contributed by atoms with van der Waals surface area (Å²) in [5, 5.41) is 3.72. The fraction of sp³-hybridized carbons (Fsp3) is 0.556. The summed E-state index contributed by atoms with van der Waals surface area (Å²) in [6, 6.07) is 0. The van der Waals surface area contributed by atoms with Crippen LogP contribution in [-0.2, 0) is 16.0 Å². The van der Waals surface area contributed by atoms with Crippen LogP contribution in [0.15, 0.2) is 4.52 Å². The van der Waals surface area contributed by atoms with Gasteiger partial charge in [-0.2, -0.15) is 0 Å². The molecule has 0 aliphatic heterocycles. The van der Waals surface area contributed by atoms with Gasteiger partial charge in [0.15, 0.2) is 0 Å². The van der Waals surface area contributed by atoms with Crippen LogP contribution in [0.3, 0.4) is 0 Å². The molecule has 0 radical (unpaired) electrons. The summed E-state index contributed by atoms with van der Waals surface area (Å²) in [6.07, 6.45) is 1.77. The summed E-state index contributed by atoms with van der Waals surface area (Å²) in [5.41, 5.74) is 7.21. The fourth-order valence-corrected chi connectivity index (χ4v) is 1.22. The van der Waals surface area contributed by atoms with Crippen LogP contribution in [0.1, 0.15) is 24.1 Å². The van der Waals surface area contributed by atoms with Crippen LogP contribution in [0, 0.1) is 6.92 Å². The van der Waals surface area contributed by atoms with Crippen molar-refractivity contribution in [3.63, 3.8) is 0 Å². The summed E-state index contributed by atoms with van der Waals surface area (Å²) in [7, 11) is 1.38. The zero-order valence-electron chi connectivity index (χ0n) is 8.37. The highest BCUT2D eigenvalue weighted by Crippen LogP contribution is 2.17. The van der Waals surface area contributed by atoms with E-state index in [0.717, 1.165) is 11.3 Å². The Kier molecular flexibility index (Phi) is 3.50. The third-order valence-corrected chi connectivity index (χ3v) is 2.05. The van der Waals surface area contributed by atoms with Gasteiger partial charge in [-0.15, -0.1) is 0 Å². The molecule has 5 nitrogen and oxygen atoms in total. The number of aromatic nitrogens is 1. The lowest BCUT2D eigenvalue weighted by atomic mass is 10.1. The molecule has 0 aliphatic rings. The third-order valence-electron chi connectivity index (χ3n) is 2.05. The fourth-order valence-electron chi connectivity index (χ4n) is 1.22. The van der Waals surface area contributed by atoms with Crippen molar-refractivity contribution in [3.8, 4) is 0 Å². The largest absolute Gasteiger partial charge is 0.469 e.